The standard InChI is InChI=1S/C12H16BrN3S/c1-2-3-16-9-15-6-11(16)5-14-7-12-4-10(13)8-17-12/h4,6,8-9,14H,2-3,5,7H2,1H3. The van der Waals surface area contributed by atoms with Gasteiger partial charge in [-0.2, -0.15) is 0 Å². The van der Waals surface area contributed by atoms with Crippen LogP contribution in [0.2, 0.25) is 0 Å². The van der Waals surface area contributed by atoms with Crippen molar-refractivity contribution in [2.75, 3.05) is 0 Å². The van der Waals surface area contributed by atoms with Crippen molar-refractivity contribution >= 4 is 27.3 Å². The van der Waals surface area contributed by atoms with Crippen LogP contribution in [0.25, 0.3) is 0 Å². The van der Waals surface area contributed by atoms with Gasteiger partial charge in [0.2, 0.25) is 0 Å². The van der Waals surface area contributed by atoms with Crippen LogP contribution in [0.4, 0.5) is 0 Å². The molecule has 0 unspecified atom stereocenters. The molecule has 0 saturated heterocycles. The Hall–Kier alpha value is -0.650. The molecule has 2 rings (SSSR count). The second kappa shape index (κ2) is 6.33. The van der Waals surface area contributed by atoms with E-state index >= 15 is 0 Å². The first-order valence-corrected chi connectivity index (χ1v) is 7.39. The molecule has 0 fully saturated rings. The van der Waals surface area contributed by atoms with Crippen molar-refractivity contribution in [2.45, 2.75) is 33.0 Å². The molecule has 0 saturated carbocycles. The van der Waals surface area contributed by atoms with Gasteiger partial charge < -0.3 is 9.88 Å². The maximum absolute atomic E-state index is 4.19. The van der Waals surface area contributed by atoms with Crippen molar-refractivity contribution in [2.24, 2.45) is 0 Å². The molecule has 0 aliphatic carbocycles. The number of thiophene rings is 1. The van der Waals surface area contributed by atoms with E-state index in [0.717, 1.165) is 30.5 Å². The Balaban J connectivity index is 1.83. The lowest BCUT2D eigenvalue weighted by atomic mass is 10.4. The minimum atomic E-state index is 0.871. The maximum Gasteiger partial charge on any atom is 0.0948 e. The van der Waals surface area contributed by atoms with Crippen molar-refractivity contribution in [1.82, 2.24) is 14.9 Å². The number of aryl methyl sites for hydroxylation is 1. The first-order chi connectivity index (χ1) is 8.29. The summed E-state index contributed by atoms with van der Waals surface area (Å²) in [6.07, 6.45) is 4.98. The lowest BCUT2D eigenvalue weighted by molar-refractivity contribution is 0.603. The van der Waals surface area contributed by atoms with Crippen LogP contribution in [-0.4, -0.2) is 9.55 Å². The first-order valence-electron chi connectivity index (χ1n) is 5.72. The molecule has 3 nitrogen and oxygen atoms in total. The largest absolute Gasteiger partial charge is 0.333 e. The number of halogens is 1. The zero-order valence-electron chi connectivity index (χ0n) is 9.82. The number of rotatable bonds is 6. The molecule has 1 N–H and O–H groups in total. The molecule has 0 amide bonds. The van der Waals surface area contributed by atoms with E-state index < -0.39 is 0 Å². The van der Waals surface area contributed by atoms with Crippen LogP contribution in [0.3, 0.4) is 0 Å². The molecule has 0 aliphatic heterocycles. The van der Waals surface area contributed by atoms with Gasteiger partial charge in [0.25, 0.3) is 0 Å². The minimum absolute atomic E-state index is 0.871. The number of nitrogens with one attached hydrogen (secondary N) is 1. The Morgan fingerprint density at radius 2 is 2.35 bits per heavy atom. The molecule has 0 aliphatic rings. The summed E-state index contributed by atoms with van der Waals surface area (Å²) < 4.78 is 3.37. The molecule has 0 aromatic carbocycles. The molecule has 0 bridgehead atoms. The molecular formula is C12H16BrN3S. The Morgan fingerprint density at radius 1 is 1.47 bits per heavy atom. The SMILES string of the molecule is CCCn1cncc1CNCc1cc(Br)cs1. The second-order valence-corrected chi connectivity index (χ2v) is 5.82. The summed E-state index contributed by atoms with van der Waals surface area (Å²) in [4.78, 5) is 5.53. The average Bonchev–Trinajstić information content (AvgIpc) is 2.90. The van der Waals surface area contributed by atoms with Gasteiger partial charge in [0.1, 0.15) is 0 Å². The summed E-state index contributed by atoms with van der Waals surface area (Å²) in [5, 5.41) is 5.55. The fourth-order valence-electron chi connectivity index (χ4n) is 1.70. The van der Waals surface area contributed by atoms with Crippen LogP contribution in [0.5, 0.6) is 0 Å². The van der Waals surface area contributed by atoms with Crippen LogP contribution in [0.15, 0.2) is 28.4 Å². The van der Waals surface area contributed by atoms with Crippen LogP contribution in [0, 0.1) is 0 Å². The highest BCUT2D eigenvalue weighted by atomic mass is 79.9. The number of hydrogen-bond donors (Lipinski definition) is 1. The van der Waals surface area contributed by atoms with E-state index in [9.17, 15) is 0 Å². The molecular weight excluding hydrogens is 298 g/mol. The lowest BCUT2D eigenvalue weighted by Gasteiger charge is -2.07. The van der Waals surface area contributed by atoms with Crippen LogP contribution in [-0.2, 0) is 19.6 Å². The normalized spacial score (nSPS) is 10.9. The quantitative estimate of drug-likeness (QED) is 0.885. The molecule has 2 aromatic heterocycles. The van der Waals surface area contributed by atoms with Crippen LogP contribution >= 0.6 is 27.3 Å². The summed E-state index contributed by atoms with van der Waals surface area (Å²) in [6.45, 7) is 5.00. The van der Waals surface area contributed by atoms with Gasteiger partial charge in [-0.05, 0) is 28.4 Å². The summed E-state index contributed by atoms with van der Waals surface area (Å²) in [7, 11) is 0. The van der Waals surface area contributed by atoms with E-state index in [1.165, 1.54) is 10.6 Å². The number of hydrogen-bond acceptors (Lipinski definition) is 3. The van der Waals surface area contributed by atoms with E-state index in [1.54, 1.807) is 11.3 Å². The Morgan fingerprint density at radius 3 is 3.06 bits per heavy atom. The van der Waals surface area contributed by atoms with Crippen molar-refractivity contribution in [3.05, 3.63) is 39.0 Å². The van der Waals surface area contributed by atoms with Gasteiger partial charge in [-0.25, -0.2) is 4.98 Å². The number of aromatic nitrogens is 2. The molecule has 2 aromatic rings. The van der Waals surface area contributed by atoms with Crippen LogP contribution < -0.4 is 5.32 Å². The predicted octanol–water partition coefficient (Wildman–Crippen LogP) is 3.41. The monoisotopic (exact) mass is 313 g/mol. The fourth-order valence-corrected chi connectivity index (χ4v) is 3.12. The third kappa shape index (κ3) is 3.66. The Labute approximate surface area is 114 Å². The summed E-state index contributed by atoms with van der Waals surface area (Å²) in [5.41, 5.74) is 1.25. The predicted molar refractivity (Wildman–Crippen MR) is 75.1 cm³/mol. The third-order valence-corrected chi connectivity index (χ3v) is 4.19. The van der Waals surface area contributed by atoms with Crippen LogP contribution in [0.1, 0.15) is 23.9 Å². The van der Waals surface area contributed by atoms with E-state index in [2.05, 4.69) is 49.2 Å². The first kappa shape index (κ1) is 12.8. The van der Waals surface area contributed by atoms with E-state index in [-0.39, 0.29) is 0 Å². The van der Waals surface area contributed by atoms with Gasteiger partial charge in [-0.3, -0.25) is 0 Å². The Kier molecular flexibility index (Phi) is 4.76. The van der Waals surface area contributed by atoms with Crippen molar-refractivity contribution in [1.29, 1.82) is 0 Å². The minimum Gasteiger partial charge on any atom is -0.333 e. The van der Waals surface area contributed by atoms with Gasteiger partial charge >= 0.3 is 0 Å². The zero-order valence-corrected chi connectivity index (χ0v) is 12.2. The summed E-state index contributed by atoms with van der Waals surface area (Å²) in [6, 6.07) is 2.15. The molecule has 2 heterocycles. The summed E-state index contributed by atoms with van der Waals surface area (Å²) >= 11 is 5.23. The fraction of sp³-hybridized carbons (Fsp3) is 0.417. The van der Waals surface area contributed by atoms with Gasteiger partial charge in [-0.15, -0.1) is 11.3 Å². The average molecular weight is 314 g/mol. The molecule has 0 atom stereocenters. The molecule has 0 radical (unpaired) electrons. The Bertz CT molecular complexity index is 464. The highest BCUT2D eigenvalue weighted by Crippen LogP contribution is 2.19. The van der Waals surface area contributed by atoms with Gasteiger partial charge in [0, 0.05) is 40.6 Å². The molecule has 92 valence electrons. The van der Waals surface area contributed by atoms with Gasteiger partial charge in [0.15, 0.2) is 0 Å². The van der Waals surface area contributed by atoms with Crippen molar-refractivity contribution in [3.63, 3.8) is 0 Å². The topological polar surface area (TPSA) is 29.9 Å². The van der Waals surface area contributed by atoms with E-state index in [0.29, 0.717) is 0 Å². The third-order valence-electron chi connectivity index (χ3n) is 2.49. The molecule has 5 heteroatoms. The van der Waals surface area contributed by atoms with Crippen molar-refractivity contribution < 1.29 is 0 Å². The van der Waals surface area contributed by atoms with E-state index in [4.69, 9.17) is 0 Å². The number of nitrogens with zero attached hydrogens (tertiary/aromatic N) is 2. The highest BCUT2D eigenvalue weighted by molar-refractivity contribution is 9.10. The molecule has 17 heavy (non-hydrogen) atoms. The maximum atomic E-state index is 4.19. The summed E-state index contributed by atoms with van der Waals surface area (Å²) in [5.74, 6) is 0. The van der Waals surface area contributed by atoms with Gasteiger partial charge in [0.05, 0.1) is 12.0 Å². The lowest BCUT2D eigenvalue weighted by Crippen LogP contribution is -2.15. The van der Waals surface area contributed by atoms with Crippen molar-refractivity contribution in [3.8, 4) is 0 Å². The highest BCUT2D eigenvalue weighted by Gasteiger charge is 2.01. The molecule has 0 spiro atoms. The number of imidazole rings is 1. The van der Waals surface area contributed by atoms with Gasteiger partial charge in [-0.1, -0.05) is 6.92 Å². The zero-order chi connectivity index (χ0) is 12.1. The smallest absolute Gasteiger partial charge is 0.0948 e. The van der Waals surface area contributed by atoms with E-state index in [1.807, 2.05) is 12.5 Å². The second-order valence-electron chi connectivity index (χ2n) is 3.91.